The summed E-state index contributed by atoms with van der Waals surface area (Å²) in [6.07, 6.45) is 2.77. The minimum atomic E-state index is -3.66. The number of rotatable bonds is 3. The third-order valence-electron chi connectivity index (χ3n) is 4.19. The molecule has 0 saturated carbocycles. The predicted octanol–water partition coefficient (Wildman–Crippen LogP) is 4.08. The second-order valence-electron chi connectivity index (χ2n) is 6.07. The van der Waals surface area contributed by atoms with Crippen LogP contribution in [0.15, 0.2) is 50.9 Å². The third kappa shape index (κ3) is 3.54. The van der Waals surface area contributed by atoms with Gasteiger partial charge in [0.15, 0.2) is 0 Å². The first-order valence-electron chi connectivity index (χ1n) is 7.81. The number of benzene rings is 2. The second-order valence-corrected chi connectivity index (χ2v) is 8.65. The molecule has 0 atom stereocenters. The Kier molecular flexibility index (Phi) is 4.78. The highest BCUT2D eigenvalue weighted by molar-refractivity contribution is 9.10. The van der Waals surface area contributed by atoms with E-state index in [1.807, 2.05) is 6.92 Å². The van der Waals surface area contributed by atoms with Gasteiger partial charge in [0.1, 0.15) is 0 Å². The van der Waals surface area contributed by atoms with Gasteiger partial charge in [-0.05, 0) is 74.6 Å². The van der Waals surface area contributed by atoms with E-state index >= 15 is 0 Å². The van der Waals surface area contributed by atoms with Crippen molar-refractivity contribution in [3.05, 3.63) is 63.1 Å². The summed E-state index contributed by atoms with van der Waals surface area (Å²) in [6.45, 7) is 4.15. The molecule has 0 heterocycles. The van der Waals surface area contributed by atoms with Crippen LogP contribution in [0.25, 0.3) is 0 Å². The first-order chi connectivity index (χ1) is 11.4. The molecule has 0 radical (unpaired) electrons. The molecule has 24 heavy (non-hydrogen) atoms. The molecule has 0 aromatic heterocycles. The Balaban J connectivity index is 1.92. The fourth-order valence-electron chi connectivity index (χ4n) is 3.05. The summed E-state index contributed by atoms with van der Waals surface area (Å²) >= 11 is 3.30. The van der Waals surface area contributed by atoms with Crippen molar-refractivity contribution >= 4 is 31.7 Å². The third-order valence-corrected chi connectivity index (χ3v) is 5.95. The monoisotopic (exact) mass is 406 g/mol. The van der Waals surface area contributed by atoms with Gasteiger partial charge in [-0.25, -0.2) is 0 Å². The van der Waals surface area contributed by atoms with E-state index in [4.69, 9.17) is 0 Å². The van der Waals surface area contributed by atoms with Crippen LogP contribution in [0.2, 0.25) is 0 Å². The van der Waals surface area contributed by atoms with E-state index in [0.717, 1.165) is 40.6 Å². The molecule has 4 nitrogen and oxygen atoms in total. The van der Waals surface area contributed by atoms with Gasteiger partial charge in [-0.2, -0.15) is 18.4 Å². The predicted molar refractivity (Wildman–Crippen MR) is 99.9 cm³/mol. The first-order valence-corrected chi connectivity index (χ1v) is 10.1. The number of nitrogens with zero attached hydrogens (tertiary/aromatic N) is 1. The smallest absolute Gasteiger partial charge is 0.200 e. The summed E-state index contributed by atoms with van der Waals surface area (Å²) in [5.74, 6) is 0. The van der Waals surface area contributed by atoms with Crippen molar-refractivity contribution in [2.24, 2.45) is 5.10 Å². The summed E-state index contributed by atoms with van der Waals surface area (Å²) in [5.41, 5.74) is 5.55. The minimum Gasteiger partial charge on any atom is -0.200 e. The van der Waals surface area contributed by atoms with Gasteiger partial charge in [-0.15, -0.1) is 0 Å². The Morgan fingerprint density at radius 3 is 2.50 bits per heavy atom. The van der Waals surface area contributed by atoms with Crippen LogP contribution in [0.1, 0.15) is 35.1 Å². The molecule has 0 amide bonds. The van der Waals surface area contributed by atoms with Crippen LogP contribution in [0.5, 0.6) is 0 Å². The molecule has 0 bridgehead atoms. The van der Waals surface area contributed by atoms with Gasteiger partial charge in [0.05, 0.1) is 10.6 Å². The first kappa shape index (κ1) is 17.2. The molecular formula is C18H19BrN2O2S. The number of fused-ring (bicyclic) bond motifs is 1. The molecule has 1 N–H and O–H groups in total. The number of hydrogen-bond donors (Lipinski definition) is 1. The van der Waals surface area contributed by atoms with E-state index in [-0.39, 0.29) is 4.90 Å². The minimum absolute atomic E-state index is 0.200. The highest BCUT2D eigenvalue weighted by atomic mass is 79.9. The van der Waals surface area contributed by atoms with Crippen molar-refractivity contribution in [2.75, 3.05) is 0 Å². The molecule has 2 aromatic rings. The van der Waals surface area contributed by atoms with E-state index in [9.17, 15) is 8.42 Å². The SMILES string of the molecule is Cc1cc(C)c2c(c1)/C(=N\NS(=O)(=O)c1ccc(Br)cc1)CCC2. The average molecular weight is 407 g/mol. The normalized spacial score (nSPS) is 16.0. The van der Waals surface area contributed by atoms with Crippen molar-refractivity contribution in [3.8, 4) is 0 Å². The van der Waals surface area contributed by atoms with Crippen LogP contribution in [0.4, 0.5) is 0 Å². The van der Waals surface area contributed by atoms with E-state index in [1.165, 1.54) is 11.1 Å². The number of aryl methyl sites for hydroxylation is 2. The zero-order valence-electron chi connectivity index (χ0n) is 13.6. The largest absolute Gasteiger partial charge is 0.276 e. The molecule has 0 saturated heterocycles. The van der Waals surface area contributed by atoms with E-state index < -0.39 is 10.0 Å². The summed E-state index contributed by atoms with van der Waals surface area (Å²) in [5, 5.41) is 4.24. The van der Waals surface area contributed by atoms with Gasteiger partial charge >= 0.3 is 0 Å². The highest BCUT2D eigenvalue weighted by Gasteiger charge is 2.19. The Hall–Kier alpha value is -1.66. The van der Waals surface area contributed by atoms with Crippen LogP contribution in [0, 0.1) is 13.8 Å². The maximum absolute atomic E-state index is 12.4. The standard InChI is InChI=1S/C18H19BrN2O2S/c1-12-10-13(2)16-4-3-5-18(17(16)11-12)20-21-24(22,23)15-8-6-14(19)7-9-15/h6-11,21H,3-5H2,1-2H3/b20-18-. The zero-order chi connectivity index (χ0) is 17.3. The maximum atomic E-state index is 12.4. The van der Waals surface area contributed by atoms with Gasteiger partial charge in [-0.3, -0.25) is 0 Å². The van der Waals surface area contributed by atoms with Gasteiger partial charge in [0, 0.05) is 10.0 Å². The van der Waals surface area contributed by atoms with E-state index in [0.29, 0.717) is 0 Å². The Morgan fingerprint density at radius 1 is 1.08 bits per heavy atom. The summed E-state index contributed by atoms with van der Waals surface area (Å²) < 4.78 is 25.6. The molecule has 0 fully saturated rings. The highest BCUT2D eigenvalue weighted by Crippen LogP contribution is 2.26. The lowest BCUT2D eigenvalue weighted by molar-refractivity contribution is 0.584. The summed E-state index contributed by atoms with van der Waals surface area (Å²) in [6, 6.07) is 10.8. The number of nitrogens with one attached hydrogen (secondary N) is 1. The maximum Gasteiger partial charge on any atom is 0.276 e. The summed E-state index contributed by atoms with van der Waals surface area (Å²) in [7, 11) is -3.66. The average Bonchev–Trinajstić information content (AvgIpc) is 2.53. The fourth-order valence-corrected chi connectivity index (χ4v) is 4.15. The molecule has 126 valence electrons. The van der Waals surface area contributed by atoms with Crippen LogP contribution in [-0.2, 0) is 16.4 Å². The number of hydrazone groups is 1. The zero-order valence-corrected chi connectivity index (χ0v) is 16.0. The van der Waals surface area contributed by atoms with Crippen molar-refractivity contribution in [3.63, 3.8) is 0 Å². The number of halogens is 1. The van der Waals surface area contributed by atoms with Crippen molar-refractivity contribution < 1.29 is 8.42 Å². The summed E-state index contributed by atoms with van der Waals surface area (Å²) in [4.78, 5) is 2.59. The Morgan fingerprint density at radius 2 is 1.79 bits per heavy atom. The Labute approximate surface area is 151 Å². The molecule has 3 rings (SSSR count). The van der Waals surface area contributed by atoms with E-state index in [1.54, 1.807) is 24.3 Å². The van der Waals surface area contributed by atoms with E-state index in [2.05, 4.69) is 44.9 Å². The molecule has 0 unspecified atom stereocenters. The van der Waals surface area contributed by atoms with Crippen LogP contribution in [0.3, 0.4) is 0 Å². The van der Waals surface area contributed by atoms with Crippen molar-refractivity contribution in [2.45, 2.75) is 38.0 Å². The lowest BCUT2D eigenvalue weighted by Gasteiger charge is -2.21. The Bertz CT molecular complexity index is 903. The van der Waals surface area contributed by atoms with Crippen molar-refractivity contribution in [1.29, 1.82) is 0 Å². The molecule has 1 aliphatic carbocycles. The second kappa shape index (κ2) is 6.69. The molecule has 2 aromatic carbocycles. The molecule has 0 spiro atoms. The number of hydrogen-bond acceptors (Lipinski definition) is 3. The van der Waals surface area contributed by atoms with Gasteiger partial charge in [-0.1, -0.05) is 27.6 Å². The van der Waals surface area contributed by atoms with Crippen LogP contribution in [-0.4, -0.2) is 14.1 Å². The molecule has 1 aliphatic rings. The van der Waals surface area contributed by atoms with Gasteiger partial charge in [0.2, 0.25) is 0 Å². The van der Waals surface area contributed by atoms with Crippen LogP contribution < -0.4 is 4.83 Å². The topological polar surface area (TPSA) is 58.5 Å². The lowest BCUT2D eigenvalue weighted by atomic mass is 9.86. The fraction of sp³-hybridized carbons (Fsp3) is 0.278. The quantitative estimate of drug-likeness (QED) is 0.780. The lowest BCUT2D eigenvalue weighted by Crippen LogP contribution is -2.23. The van der Waals surface area contributed by atoms with Gasteiger partial charge < -0.3 is 0 Å². The number of sulfonamides is 1. The van der Waals surface area contributed by atoms with Crippen LogP contribution >= 0.6 is 15.9 Å². The molecular weight excluding hydrogens is 388 g/mol. The molecule has 6 heteroatoms. The van der Waals surface area contributed by atoms with Gasteiger partial charge in [0.25, 0.3) is 10.0 Å². The van der Waals surface area contributed by atoms with Crippen molar-refractivity contribution in [1.82, 2.24) is 4.83 Å². The molecule has 0 aliphatic heterocycles.